The lowest BCUT2D eigenvalue weighted by Crippen LogP contribution is -2.36. The van der Waals surface area contributed by atoms with Crippen LogP contribution in [0.1, 0.15) is 22.3 Å². The number of methoxy groups -OCH3 is 1. The summed E-state index contributed by atoms with van der Waals surface area (Å²) in [5, 5.41) is 1.74. The van der Waals surface area contributed by atoms with E-state index in [1.807, 2.05) is 12.1 Å². The molecule has 2 aromatic carbocycles. The SMILES string of the molecule is COc1ccc(C(=O)NCC(F)(F)F)cc1S(=O)(=O)N1CCCc2ccccc21. The Labute approximate surface area is 166 Å². The normalized spacial score (nSPS) is 14.3. The molecule has 156 valence electrons. The quantitative estimate of drug-likeness (QED) is 0.794. The second-order valence-corrected chi connectivity index (χ2v) is 8.30. The zero-order valence-electron chi connectivity index (χ0n) is 15.5. The third-order valence-electron chi connectivity index (χ3n) is 4.51. The van der Waals surface area contributed by atoms with Gasteiger partial charge in [-0.3, -0.25) is 9.10 Å². The molecule has 1 aliphatic rings. The van der Waals surface area contributed by atoms with Crippen molar-refractivity contribution in [2.45, 2.75) is 23.9 Å². The van der Waals surface area contributed by atoms with Crippen molar-refractivity contribution < 1.29 is 31.1 Å². The van der Waals surface area contributed by atoms with Crippen molar-refractivity contribution >= 4 is 21.6 Å². The van der Waals surface area contributed by atoms with Crippen LogP contribution in [0.3, 0.4) is 0 Å². The number of halogens is 3. The van der Waals surface area contributed by atoms with Crippen molar-refractivity contribution in [1.82, 2.24) is 5.32 Å². The molecule has 0 atom stereocenters. The largest absolute Gasteiger partial charge is 0.495 e. The van der Waals surface area contributed by atoms with Crippen molar-refractivity contribution in [3.05, 3.63) is 53.6 Å². The van der Waals surface area contributed by atoms with E-state index >= 15 is 0 Å². The molecule has 1 N–H and O–H groups in total. The van der Waals surface area contributed by atoms with E-state index in [0.29, 0.717) is 12.1 Å². The van der Waals surface area contributed by atoms with Gasteiger partial charge in [-0.05, 0) is 42.7 Å². The average molecular weight is 428 g/mol. The van der Waals surface area contributed by atoms with Crippen LogP contribution in [0, 0.1) is 0 Å². The zero-order valence-corrected chi connectivity index (χ0v) is 16.3. The summed E-state index contributed by atoms with van der Waals surface area (Å²) < 4.78 is 70.2. The lowest BCUT2D eigenvalue weighted by atomic mass is 10.0. The first kappa shape index (κ1) is 21.0. The van der Waals surface area contributed by atoms with E-state index in [1.165, 1.54) is 23.5 Å². The predicted octanol–water partition coefficient (Wildman–Crippen LogP) is 3.13. The molecule has 0 unspecified atom stereocenters. The number of para-hydroxylation sites is 1. The molecular weight excluding hydrogens is 409 g/mol. The van der Waals surface area contributed by atoms with Gasteiger partial charge in [0, 0.05) is 12.1 Å². The van der Waals surface area contributed by atoms with Gasteiger partial charge in [0.2, 0.25) is 0 Å². The number of fused-ring (bicyclic) bond motifs is 1. The number of alkyl halides is 3. The van der Waals surface area contributed by atoms with Gasteiger partial charge in [-0.25, -0.2) is 8.42 Å². The number of benzene rings is 2. The number of aryl methyl sites for hydroxylation is 1. The van der Waals surface area contributed by atoms with E-state index in [2.05, 4.69) is 0 Å². The Balaban J connectivity index is 2.00. The van der Waals surface area contributed by atoms with Crippen LogP contribution in [0.4, 0.5) is 18.9 Å². The highest BCUT2D eigenvalue weighted by Crippen LogP contribution is 2.35. The van der Waals surface area contributed by atoms with Gasteiger partial charge < -0.3 is 10.1 Å². The molecular formula is C19H19F3N2O4S. The Morgan fingerprint density at radius 2 is 1.93 bits per heavy atom. The molecule has 6 nitrogen and oxygen atoms in total. The van der Waals surface area contributed by atoms with Crippen molar-refractivity contribution in [1.29, 1.82) is 0 Å². The minimum Gasteiger partial charge on any atom is -0.495 e. The van der Waals surface area contributed by atoms with Gasteiger partial charge >= 0.3 is 6.18 Å². The summed E-state index contributed by atoms with van der Waals surface area (Å²) in [5.74, 6) is -1.03. The minimum atomic E-state index is -4.57. The summed E-state index contributed by atoms with van der Waals surface area (Å²) in [6.07, 6.45) is -3.22. The van der Waals surface area contributed by atoms with E-state index in [1.54, 1.807) is 17.4 Å². The molecule has 2 aromatic rings. The number of rotatable bonds is 5. The molecule has 0 saturated heterocycles. The summed E-state index contributed by atoms with van der Waals surface area (Å²) in [4.78, 5) is 11.8. The van der Waals surface area contributed by atoms with E-state index in [4.69, 9.17) is 4.74 Å². The Morgan fingerprint density at radius 1 is 1.21 bits per heavy atom. The molecule has 0 aliphatic carbocycles. The van der Waals surface area contributed by atoms with Crippen molar-refractivity contribution in [2.24, 2.45) is 0 Å². The van der Waals surface area contributed by atoms with Gasteiger partial charge in [0.05, 0.1) is 12.8 Å². The number of anilines is 1. The smallest absolute Gasteiger partial charge is 0.405 e. The first-order chi connectivity index (χ1) is 13.6. The number of hydrogen-bond donors (Lipinski definition) is 1. The summed E-state index contributed by atoms with van der Waals surface area (Å²) >= 11 is 0. The third-order valence-corrected chi connectivity index (χ3v) is 6.35. The van der Waals surface area contributed by atoms with Gasteiger partial charge in [-0.2, -0.15) is 13.2 Å². The van der Waals surface area contributed by atoms with Gasteiger partial charge in [-0.15, -0.1) is 0 Å². The molecule has 1 amide bonds. The number of sulfonamides is 1. The van der Waals surface area contributed by atoms with Crippen LogP contribution in [0.2, 0.25) is 0 Å². The summed E-state index contributed by atoms with van der Waals surface area (Å²) in [7, 11) is -2.83. The molecule has 0 spiro atoms. The van der Waals surface area contributed by atoms with Crippen LogP contribution in [0.5, 0.6) is 5.75 Å². The second kappa shape index (κ2) is 7.94. The van der Waals surface area contributed by atoms with E-state index in [0.717, 1.165) is 18.1 Å². The Kier molecular flexibility index (Phi) is 5.74. The monoisotopic (exact) mass is 428 g/mol. The van der Waals surface area contributed by atoms with Gasteiger partial charge in [0.25, 0.3) is 15.9 Å². The summed E-state index contributed by atoms with van der Waals surface area (Å²) in [6.45, 7) is -1.27. The maximum absolute atomic E-state index is 13.4. The maximum atomic E-state index is 13.4. The van der Waals surface area contributed by atoms with Crippen molar-refractivity contribution in [3.8, 4) is 5.75 Å². The molecule has 0 fully saturated rings. The molecule has 0 radical (unpaired) electrons. The standard InChI is InChI=1S/C19H19F3N2O4S/c1-28-16-9-8-14(18(25)23-12-19(20,21)22)11-17(16)29(26,27)24-10-4-6-13-5-2-3-7-15(13)24/h2-3,5,7-9,11H,4,6,10,12H2,1H3,(H,23,25). The number of ether oxygens (including phenoxy) is 1. The highest BCUT2D eigenvalue weighted by Gasteiger charge is 2.32. The van der Waals surface area contributed by atoms with Crippen LogP contribution in [0.15, 0.2) is 47.4 Å². The van der Waals surface area contributed by atoms with Crippen LogP contribution >= 0.6 is 0 Å². The molecule has 1 aliphatic heterocycles. The lowest BCUT2D eigenvalue weighted by molar-refractivity contribution is -0.123. The second-order valence-electron chi connectivity index (χ2n) is 6.47. The number of nitrogens with one attached hydrogen (secondary N) is 1. The maximum Gasteiger partial charge on any atom is 0.405 e. The van der Waals surface area contributed by atoms with E-state index in [9.17, 15) is 26.4 Å². The molecule has 0 aromatic heterocycles. The van der Waals surface area contributed by atoms with Crippen molar-refractivity contribution in [2.75, 3.05) is 24.5 Å². The van der Waals surface area contributed by atoms with Crippen molar-refractivity contribution in [3.63, 3.8) is 0 Å². The molecule has 29 heavy (non-hydrogen) atoms. The van der Waals surface area contributed by atoms with Crippen LogP contribution in [0.25, 0.3) is 0 Å². The summed E-state index contributed by atoms with van der Waals surface area (Å²) in [6, 6.07) is 10.6. The molecule has 10 heteroatoms. The predicted molar refractivity (Wildman–Crippen MR) is 101 cm³/mol. The topological polar surface area (TPSA) is 75.7 Å². The van der Waals surface area contributed by atoms with Gasteiger partial charge in [0.1, 0.15) is 17.2 Å². The Bertz CT molecular complexity index is 1020. The molecule has 1 heterocycles. The van der Waals surface area contributed by atoms with Crippen LogP contribution in [-0.4, -0.2) is 40.7 Å². The fourth-order valence-electron chi connectivity index (χ4n) is 3.17. The number of amides is 1. The number of carbonyl (C=O) groups excluding carboxylic acids is 1. The summed E-state index contributed by atoms with van der Waals surface area (Å²) in [5.41, 5.74) is 1.20. The highest BCUT2D eigenvalue weighted by atomic mass is 32.2. The first-order valence-corrected chi connectivity index (χ1v) is 10.2. The zero-order chi connectivity index (χ0) is 21.2. The third kappa shape index (κ3) is 4.47. The van der Waals surface area contributed by atoms with E-state index < -0.39 is 28.7 Å². The molecule has 0 bridgehead atoms. The van der Waals surface area contributed by atoms with Crippen LogP contribution < -0.4 is 14.4 Å². The fourth-order valence-corrected chi connectivity index (χ4v) is 4.90. The molecule has 0 saturated carbocycles. The molecule has 3 rings (SSSR count). The average Bonchev–Trinajstić information content (AvgIpc) is 2.70. The van der Waals surface area contributed by atoms with Gasteiger partial charge in [0.15, 0.2) is 0 Å². The fraction of sp³-hybridized carbons (Fsp3) is 0.316. The number of carbonyl (C=O) groups is 1. The Morgan fingerprint density at radius 3 is 2.62 bits per heavy atom. The number of hydrogen-bond acceptors (Lipinski definition) is 4. The minimum absolute atomic E-state index is 0.000394. The van der Waals surface area contributed by atoms with Crippen LogP contribution in [-0.2, 0) is 16.4 Å². The number of nitrogens with zero attached hydrogens (tertiary/aromatic N) is 1. The van der Waals surface area contributed by atoms with Gasteiger partial charge in [-0.1, -0.05) is 18.2 Å². The Hall–Kier alpha value is -2.75. The van der Waals surface area contributed by atoms with E-state index in [-0.39, 0.29) is 22.8 Å². The highest BCUT2D eigenvalue weighted by molar-refractivity contribution is 7.93. The first-order valence-electron chi connectivity index (χ1n) is 8.77. The lowest BCUT2D eigenvalue weighted by Gasteiger charge is -2.31.